The third-order valence-corrected chi connectivity index (χ3v) is 2.97. The number of nitrogen functional groups attached to an aromatic ring is 1. The molecule has 0 fully saturated rings. The number of anilines is 2. The highest BCUT2D eigenvalue weighted by atomic mass is 16.3. The third-order valence-electron chi connectivity index (χ3n) is 2.97. The third kappa shape index (κ3) is 3.11. The molecule has 1 aromatic carbocycles. The number of aliphatic hydroxyl groups is 1. The van der Waals surface area contributed by atoms with Crippen molar-refractivity contribution in [1.29, 1.82) is 0 Å². The maximum Gasteiger partial charge on any atom is 0.126 e. The zero-order chi connectivity index (χ0) is 13.0. The summed E-state index contributed by atoms with van der Waals surface area (Å²) in [5.74, 6) is 0.829. The molecule has 1 unspecified atom stereocenters. The number of nitrogens with two attached hydrogens (primary N) is 1. The minimum Gasteiger partial charge on any atom is -0.399 e. The fourth-order valence-electron chi connectivity index (χ4n) is 1.81. The lowest BCUT2D eigenvalue weighted by Crippen LogP contribution is -2.12. The number of benzene rings is 1. The predicted molar refractivity (Wildman–Crippen MR) is 75.6 cm³/mol. The zero-order valence-corrected chi connectivity index (χ0v) is 10.6. The molecule has 0 saturated heterocycles. The van der Waals surface area contributed by atoms with Crippen LogP contribution >= 0.6 is 0 Å². The molecule has 4 N–H and O–H groups in total. The maximum absolute atomic E-state index is 9.46. The fourth-order valence-corrected chi connectivity index (χ4v) is 1.81. The molecule has 0 aliphatic heterocycles. The van der Waals surface area contributed by atoms with Crippen molar-refractivity contribution in [1.82, 2.24) is 4.98 Å². The first-order valence-electron chi connectivity index (χ1n) is 6.27. The molecule has 96 valence electrons. The van der Waals surface area contributed by atoms with E-state index in [1.807, 2.05) is 37.3 Å². The van der Waals surface area contributed by atoms with Crippen molar-refractivity contribution in [3.63, 3.8) is 0 Å². The molecule has 18 heavy (non-hydrogen) atoms. The van der Waals surface area contributed by atoms with Gasteiger partial charge in [-0.2, -0.15) is 0 Å². The van der Waals surface area contributed by atoms with Gasteiger partial charge in [0.05, 0.1) is 11.6 Å². The van der Waals surface area contributed by atoms with Crippen molar-refractivity contribution in [3.05, 3.63) is 30.3 Å². The molecule has 0 saturated carbocycles. The average Bonchev–Trinajstić information content (AvgIpc) is 2.38. The summed E-state index contributed by atoms with van der Waals surface area (Å²) >= 11 is 0. The molecule has 4 heteroatoms. The molecule has 0 aliphatic rings. The molecule has 0 amide bonds. The molecule has 0 aliphatic carbocycles. The summed E-state index contributed by atoms with van der Waals surface area (Å²) in [4.78, 5) is 4.49. The number of nitrogens with one attached hydrogen (secondary N) is 1. The molecular formula is C14H19N3O. The standard InChI is InChI=1S/C14H19N3O/c1-2-12(18)7-8-16-14-6-3-10-9-11(15)4-5-13(10)17-14/h3-6,9,12,18H,2,7-8,15H2,1H3,(H,16,17). The molecule has 2 aromatic rings. The number of nitrogens with zero attached hydrogens (tertiary/aromatic N) is 1. The van der Waals surface area contributed by atoms with E-state index in [2.05, 4.69) is 10.3 Å². The van der Waals surface area contributed by atoms with Crippen LogP contribution in [0.5, 0.6) is 0 Å². The van der Waals surface area contributed by atoms with E-state index in [1.54, 1.807) is 0 Å². The molecule has 4 nitrogen and oxygen atoms in total. The van der Waals surface area contributed by atoms with E-state index < -0.39 is 0 Å². The van der Waals surface area contributed by atoms with Crippen LogP contribution in [0.1, 0.15) is 19.8 Å². The minimum absolute atomic E-state index is 0.238. The number of aliphatic hydroxyl groups excluding tert-OH is 1. The Labute approximate surface area is 107 Å². The highest BCUT2D eigenvalue weighted by Gasteiger charge is 2.01. The lowest BCUT2D eigenvalue weighted by atomic mass is 10.2. The Hall–Kier alpha value is -1.81. The molecule has 0 bridgehead atoms. The van der Waals surface area contributed by atoms with Crippen LogP contribution in [-0.4, -0.2) is 22.7 Å². The molecule has 1 atom stereocenters. The van der Waals surface area contributed by atoms with Crippen LogP contribution in [0.3, 0.4) is 0 Å². The first-order chi connectivity index (χ1) is 8.69. The van der Waals surface area contributed by atoms with E-state index >= 15 is 0 Å². The van der Waals surface area contributed by atoms with E-state index in [-0.39, 0.29) is 6.10 Å². The van der Waals surface area contributed by atoms with Gasteiger partial charge in [0.1, 0.15) is 5.82 Å². The number of aromatic nitrogens is 1. The first kappa shape index (κ1) is 12.6. The van der Waals surface area contributed by atoms with E-state index in [4.69, 9.17) is 5.73 Å². The Morgan fingerprint density at radius 1 is 1.33 bits per heavy atom. The van der Waals surface area contributed by atoms with Crippen molar-refractivity contribution < 1.29 is 5.11 Å². The van der Waals surface area contributed by atoms with Gasteiger partial charge >= 0.3 is 0 Å². The van der Waals surface area contributed by atoms with Gasteiger partial charge in [0.15, 0.2) is 0 Å². The Morgan fingerprint density at radius 3 is 2.94 bits per heavy atom. The summed E-state index contributed by atoms with van der Waals surface area (Å²) in [7, 11) is 0. The summed E-state index contributed by atoms with van der Waals surface area (Å²) in [6.07, 6.45) is 1.28. The normalized spacial score (nSPS) is 12.6. The molecule has 1 heterocycles. The van der Waals surface area contributed by atoms with Gasteiger partial charge in [0.25, 0.3) is 0 Å². The van der Waals surface area contributed by atoms with Crippen molar-refractivity contribution in [2.24, 2.45) is 0 Å². The molecule has 0 radical (unpaired) electrons. The SMILES string of the molecule is CCC(O)CCNc1ccc2cc(N)ccc2n1. The second kappa shape index (κ2) is 5.69. The van der Waals surface area contributed by atoms with Gasteiger partial charge in [0, 0.05) is 17.6 Å². The number of rotatable bonds is 5. The zero-order valence-electron chi connectivity index (χ0n) is 10.6. The van der Waals surface area contributed by atoms with Crippen LogP contribution in [-0.2, 0) is 0 Å². The van der Waals surface area contributed by atoms with Crippen LogP contribution in [0.4, 0.5) is 11.5 Å². The van der Waals surface area contributed by atoms with Gasteiger partial charge in [-0.15, -0.1) is 0 Å². The lowest BCUT2D eigenvalue weighted by Gasteiger charge is -2.09. The number of hydrogen-bond acceptors (Lipinski definition) is 4. The number of hydrogen-bond donors (Lipinski definition) is 3. The van der Waals surface area contributed by atoms with Gasteiger partial charge in [-0.3, -0.25) is 0 Å². The lowest BCUT2D eigenvalue weighted by molar-refractivity contribution is 0.164. The summed E-state index contributed by atoms with van der Waals surface area (Å²) < 4.78 is 0. The van der Waals surface area contributed by atoms with Crippen molar-refractivity contribution >= 4 is 22.4 Å². The summed E-state index contributed by atoms with van der Waals surface area (Å²) in [6.45, 7) is 2.70. The van der Waals surface area contributed by atoms with Crippen molar-refractivity contribution in [3.8, 4) is 0 Å². The first-order valence-corrected chi connectivity index (χ1v) is 6.27. The molecule has 2 rings (SSSR count). The van der Waals surface area contributed by atoms with Crippen molar-refractivity contribution in [2.75, 3.05) is 17.6 Å². The van der Waals surface area contributed by atoms with E-state index in [1.165, 1.54) is 0 Å². The van der Waals surface area contributed by atoms with E-state index in [0.717, 1.165) is 41.8 Å². The summed E-state index contributed by atoms with van der Waals surface area (Å²) in [6, 6.07) is 9.60. The molecular weight excluding hydrogens is 226 g/mol. The molecule has 0 spiro atoms. The average molecular weight is 245 g/mol. The summed E-state index contributed by atoms with van der Waals surface area (Å²) in [5.41, 5.74) is 7.39. The number of fused-ring (bicyclic) bond motifs is 1. The van der Waals surface area contributed by atoms with Crippen LogP contribution in [0, 0.1) is 0 Å². The smallest absolute Gasteiger partial charge is 0.126 e. The van der Waals surface area contributed by atoms with Crippen LogP contribution in [0.25, 0.3) is 10.9 Å². The Balaban J connectivity index is 2.04. The van der Waals surface area contributed by atoms with Gasteiger partial charge in [-0.25, -0.2) is 4.98 Å². The summed E-state index contributed by atoms with van der Waals surface area (Å²) in [5, 5.41) is 13.7. The van der Waals surface area contributed by atoms with Gasteiger partial charge in [0.2, 0.25) is 0 Å². The van der Waals surface area contributed by atoms with E-state index in [0.29, 0.717) is 0 Å². The highest BCUT2D eigenvalue weighted by molar-refractivity contribution is 5.83. The second-order valence-electron chi connectivity index (χ2n) is 4.43. The Bertz CT molecular complexity index is 527. The van der Waals surface area contributed by atoms with Crippen LogP contribution in [0.2, 0.25) is 0 Å². The fraction of sp³-hybridized carbons (Fsp3) is 0.357. The van der Waals surface area contributed by atoms with Crippen LogP contribution in [0.15, 0.2) is 30.3 Å². The van der Waals surface area contributed by atoms with Gasteiger partial charge in [-0.05, 0) is 43.2 Å². The highest BCUT2D eigenvalue weighted by Crippen LogP contribution is 2.17. The van der Waals surface area contributed by atoms with Gasteiger partial charge < -0.3 is 16.2 Å². The topological polar surface area (TPSA) is 71.2 Å². The Kier molecular flexibility index (Phi) is 3.99. The van der Waals surface area contributed by atoms with Gasteiger partial charge in [-0.1, -0.05) is 6.92 Å². The largest absolute Gasteiger partial charge is 0.399 e. The number of pyridine rings is 1. The van der Waals surface area contributed by atoms with Crippen molar-refractivity contribution in [2.45, 2.75) is 25.9 Å². The Morgan fingerprint density at radius 2 is 2.17 bits per heavy atom. The monoisotopic (exact) mass is 245 g/mol. The van der Waals surface area contributed by atoms with Crippen LogP contribution < -0.4 is 11.1 Å². The quantitative estimate of drug-likeness (QED) is 0.707. The minimum atomic E-state index is -0.238. The second-order valence-corrected chi connectivity index (χ2v) is 4.43. The van der Waals surface area contributed by atoms with E-state index in [9.17, 15) is 5.11 Å². The maximum atomic E-state index is 9.46. The predicted octanol–water partition coefficient (Wildman–Crippen LogP) is 2.39. The molecule has 1 aromatic heterocycles.